The normalized spacial score (nSPS) is 13.1. The largest absolute Gasteiger partial charge is 0.445 e. The summed E-state index contributed by atoms with van der Waals surface area (Å²) in [7, 11) is 0. The lowest BCUT2D eigenvalue weighted by Gasteiger charge is -2.18. The highest BCUT2D eigenvalue weighted by Crippen LogP contribution is 2.21. The minimum Gasteiger partial charge on any atom is -0.445 e. The van der Waals surface area contributed by atoms with Crippen LogP contribution in [-0.2, 0) is 11.3 Å². The number of hydrogen-bond acceptors (Lipinski definition) is 6. The average molecular weight is 367 g/mol. The van der Waals surface area contributed by atoms with Crippen LogP contribution < -0.4 is 5.32 Å². The number of carbonyl (C=O) groups is 1. The van der Waals surface area contributed by atoms with Crippen LogP contribution in [0.2, 0.25) is 0 Å². The van der Waals surface area contributed by atoms with E-state index in [9.17, 15) is 15.0 Å². The number of amides is 1. The molecule has 3 N–H and O–H groups in total. The Balaban J connectivity index is 1.45. The summed E-state index contributed by atoms with van der Waals surface area (Å²) in [6.07, 6.45) is 0.657. The fourth-order valence-electron chi connectivity index (χ4n) is 2.64. The molecule has 0 fully saturated rings. The van der Waals surface area contributed by atoms with Gasteiger partial charge in [0, 0.05) is 18.9 Å². The first-order valence-corrected chi connectivity index (χ1v) is 8.65. The van der Waals surface area contributed by atoms with E-state index in [0.29, 0.717) is 16.6 Å². The third-order valence-corrected chi connectivity index (χ3v) is 4.12. The number of carbonyl (C=O) groups excluding carboxylic acids is 1. The molecule has 3 rings (SSSR count). The maximum atomic E-state index is 11.7. The first kappa shape index (κ1) is 18.8. The highest BCUT2D eigenvalue weighted by Gasteiger charge is 2.19. The second-order valence-corrected chi connectivity index (χ2v) is 6.09. The van der Waals surface area contributed by atoms with Crippen LogP contribution in [0.15, 0.2) is 60.9 Å². The van der Waals surface area contributed by atoms with Crippen LogP contribution in [0, 0.1) is 0 Å². The summed E-state index contributed by atoms with van der Waals surface area (Å²) in [6, 6.07) is 14.5. The van der Waals surface area contributed by atoms with Crippen molar-refractivity contribution in [1.82, 2.24) is 15.3 Å². The minimum atomic E-state index is -1.08. The Bertz CT molecular complexity index is 889. The molecule has 0 saturated carbocycles. The SMILES string of the molecule is O=C(NCCC(O)C(O)c1ccc2nccnc2c1)OCc1ccccc1. The van der Waals surface area contributed by atoms with E-state index < -0.39 is 18.3 Å². The van der Waals surface area contributed by atoms with Gasteiger partial charge in [-0.2, -0.15) is 0 Å². The van der Waals surface area contributed by atoms with Gasteiger partial charge in [0.25, 0.3) is 0 Å². The van der Waals surface area contributed by atoms with Crippen LogP contribution in [0.5, 0.6) is 0 Å². The van der Waals surface area contributed by atoms with Crippen molar-refractivity contribution in [3.8, 4) is 0 Å². The molecule has 1 aromatic heterocycles. The van der Waals surface area contributed by atoms with Gasteiger partial charge >= 0.3 is 6.09 Å². The summed E-state index contributed by atoms with van der Waals surface area (Å²) >= 11 is 0. The Morgan fingerprint density at radius 1 is 1.04 bits per heavy atom. The lowest BCUT2D eigenvalue weighted by molar-refractivity contribution is 0.0137. The standard InChI is InChI=1S/C20H21N3O4/c24-18(8-9-23-20(26)27-13-14-4-2-1-3-5-14)19(25)15-6-7-16-17(12-15)22-11-10-21-16/h1-7,10-12,18-19,24-25H,8-9,13H2,(H,23,26). The smallest absolute Gasteiger partial charge is 0.407 e. The predicted octanol–water partition coefficient (Wildman–Crippen LogP) is 2.34. The number of benzene rings is 2. The first-order chi connectivity index (χ1) is 13.1. The summed E-state index contributed by atoms with van der Waals surface area (Å²) in [5.41, 5.74) is 2.79. The molecule has 7 heteroatoms. The van der Waals surface area contributed by atoms with Crippen LogP contribution in [0.25, 0.3) is 11.0 Å². The summed E-state index contributed by atoms with van der Waals surface area (Å²) in [4.78, 5) is 20.0. The van der Waals surface area contributed by atoms with Crippen molar-refractivity contribution in [2.24, 2.45) is 0 Å². The zero-order valence-corrected chi connectivity index (χ0v) is 14.7. The number of alkyl carbamates (subject to hydrolysis) is 1. The second kappa shape index (κ2) is 9.07. The lowest BCUT2D eigenvalue weighted by atomic mass is 10.0. The molecule has 0 aliphatic heterocycles. The molecule has 0 saturated heterocycles. The molecule has 3 aromatic rings. The highest BCUT2D eigenvalue weighted by molar-refractivity contribution is 5.74. The summed E-state index contributed by atoms with van der Waals surface area (Å²) < 4.78 is 5.09. The minimum absolute atomic E-state index is 0.177. The average Bonchev–Trinajstić information content (AvgIpc) is 2.72. The Kier molecular flexibility index (Phi) is 6.30. The Morgan fingerprint density at radius 3 is 2.56 bits per heavy atom. The number of ether oxygens (including phenoxy) is 1. The van der Waals surface area contributed by atoms with Gasteiger partial charge in [0.1, 0.15) is 12.7 Å². The lowest BCUT2D eigenvalue weighted by Crippen LogP contribution is -2.29. The summed E-state index contributed by atoms with van der Waals surface area (Å²) in [5, 5.41) is 23.1. The van der Waals surface area contributed by atoms with Gasteiger partial charge in [0.2, 0.25) is 0 Å². The van der Waals surface area contributed by atoms with Crippen LogP contribution in [0.4, 0.5) is 4.79 Å². The van der Waals surface area contributed by atoms with Crippen LogP contribution in [0.3, 0.4) is 0 Å². The van der Waals surface area contributed by atoms with E-state index in [1.807, 2.05) is 30.3 Å². The summed E-state index contributed by atoms with van der Waals surface area (Å²) in [5.74, 6) is 0. The number of nitrogens with zero attached hydrogens (tertiary/aromatic N) is 2. The van der Waals surface area contributed by atoms with Gasteiger partial charge in [-0.25, -0.2) is 4.79 Å². The van der Waals surface area contributed by atoms with Gasteiger partial charge < -0.3 is 20.3 Å². The maximum absolute atomic E-state index is 11.7. The molecule has 7 nitrogen and oxygen atoms in total. The maximum Gasteiger partial charge on any atom is 0.407 e. The van der Waals surface area contributed by atoms with Crippen LogP contribution >= 0.6 is 0 Å². The van der Waals surface area contributed by atoms with Crippen molar-refractivity contribution >= 4 is 17.1 Å². The highest BCUT2D eigenvalue weighted by atomic mass is 16.5. The van der Waals surface area contributed by atoms with E-state index in [1.165, 1.54) is 0 Å². The Labute approximate surface area is 156 Å². The monoisotopic (exact) mass is 367 g/mol. The topological polar surface area (TPSA) is 105 Å². The molecule has 140 valence electrons. The zero-order valence-electron chi connectivity index (χ0n) is 14.7. The molecule has 1 heterocycles. The first-order valence-electron chi connectivity index (χ1n) is 8.65. The Morgan fingerprint density at radius 2 is 1.78 bits per heavy atom. The quantitative estimate of drug-likeness (QED) is 0.592. The molecular weight excluding hydrogens is 346 g/mol. The molecule has 2 unspecified atom stereocenters. The molecule has 1 amide bonds. The van der Waals surface area contributed by atoms with Crippen molar-refractivity contribution in [3.63, 3.8) is 0 Å². The molecule has 2 aromatic carbocycles. The van der Waals surface area contributed by atoms with Gasteiger partial charge in [0.05, 0.1) is 17.1 Å². The van der Waals surface area contributed by atoms with Crippen molar-refractivity contribution in [2.75, 3.05) is 6.54 Å². The van der Waals surface area contributed by atoms with E-state index >= 15 is 0 Å². The van der Waals surface area contributed by atoms with Gasteiger partial charge in [-0.3, -0.25) is 9.97 Å². The van der Waals surface area contributed by atoms with Crippen LogP contribution in [0.1, 0.15) is 23.7 Å². The van der Waals surface area contributed by atoms with Gasteiger partial charge in [-0.15, -0.1) is 0 Å². The van der Waals surface area contributed by atoms with E-state index in [2.05, 4.69) is 15.3 Å². The zero-order chi connectivity index (χ0) is 19.1. The van der Waals surface area contributed by atoms with Crippen molar-refractivity contribution in [3.05, 3.63) is 72.1 Å². The molecule has 2 atom stereocenters. The number of aliphatic hydroxyl groups is 2. The van der Waals surface area contributed by atoms with Crippen molar-refractivity contribution in [1.29, 1.82) is 0 Å². The Hall–Kier alpha value is -3.03. The number of aliphatic hydroxyl groups excluding tert-OH is 2. The summed E-state index contributed by atoms with van der Waals surface area (Å²) in [6.45, 7) is 0.356. The predicted molar refractivity (Wildman–Crippen MR) is 99.8 cm³/mol. The van der Waals surface area contributed by atoms with E-state index in [0.717, 1.165) is 5.56 Å². The number of hydrogen-bond donors (Lipinski definition) is 3. The molecular formula is C20H21N3O4. The van der Waals surface area contributed by atoms with E-state index in [4.69, 9.17) is 4.74 Å². The molecule has 0 aliphatic carbocycles. The number of nitrogens with one attached hydrogen (secondary N) is 1. The number of fused-ring (bicyclic) bond motifs is 1. The molecule has 0 radical (unpaired) electrons. The number of rotatable bonds is 7. The third-order valence-electron chi connectivity index (χ3n) is 4.12. The van der Waals surface area contributed by atoms with Crippen LogP contribution in [-0.4, -0.2) is 38.9 Å². The van der Waals surface area contributed by atoms with Crippen molar-refractivity contribution < 1.29 is 19.7 Å². The number of aromatic nitrogens is 2. The fraction of sp³-hybridized carbons (Fsp3) is 0.250. The molecule has 0 bridgehead atoms. The molecule has 0 aliphatic rings. The van der Waals surface area contributed by atoms with Gasteiger partial charge in [-0.05, 0) is 29.7 Å². The molecule has 0 spiro atoms. The van der Waals surface area contributed by atoms with E-state index in [1.54, 1.807) is 30.6 Å². The fourth-order valence-corrected chi connectivity index (χ4v) is 2.64. The van der Waals surface area contributed by atoms with Crippen molar-refractivity contribution in [2.45, 2.75) is 25.2 Å². The van der Waals surface area contributed by atoms with E-state index in [-0.39, 0.29) is 19.6 Å². The van der Waals surface area contributed by atoms with Gasteiger partial charge in [0.15, 0.2) is 0 Å². The van der Waals surface area contributed by atoms with Gasteiger partial charge in [-0.1, -0.05) is 36.4 Å². The molecule has 27 heavy (non-hydrogen) atoms. The third kappa shape index (κ3) is 5.22. The second-order valence-electron chi connectivity index (χ2n) is 6.09.